The van der Waals surface area contributed by atoms with Crippen LogP contribution < -0.4 is 5.32 Å². The number of hydrogen-bond acceptors (Lipinski definition) is 1. The third kappa shape index (κ3) is 3.40. The van der Waals surface area contributed by atoms with Gasteiger partial charge < -0.3 is 5.32 Å². The van der Waals surface area contributed by atoms with E-state index in [9.17, 15) is 4.79 Å². The summed E-state index contributed by atoms with van der Waals surface area (Å²) < 4.78 is 0. The molecule has 1 N–H and O–H groups in total. The summed E-state index contributed by atoms with van der Waals surface area (Å²) in [7, 11) is 0. The summed E-state index contributed by atoms with van der Waals surface area (Å²) in [5.74, 6) is 0.300. The summed E-state index contributed by atoms with van der Waals surface area (Å²) in [6.07, 6.45) is 1.04. The SMILES string of the molecule is CC[C@H](C)c1ccccc1NC(=O)c1ccc(Cl)cc1. The van der Waals surface area contributed by atoms with Gasteiger partial charge in [-0.05, 0) is 48.2 Å². The summed E-state index contributed by atoms with van der Waals surface area (Å²) in [4.78, 5) is 12.2. The molecule has 0 spiro atoms. The molecule has 0 saturated carbocycles. The molecule has 0 aliphatic rings. The third-order valence-corrected chi connectivity index (χ3v) is 3.71. The molecule has 0 saturated heterocycles. The number of benzene rings is 2. The maximum Gasteiger partial charge on any atom is 0.255 e. The number of para-hydroxylation sites is 1. The molecule has 3 heteroatoms. The van der Waals surface area contributed by atoms with E-state index in [0.29, 0.717) is 16.5 Å². The van der Waals surface area contributed by atoms with Crippen molar-refractivity contribution >= 4 is 23.2 Å². The van der Waals surface area contributed by atoms with Crippen molar-refractivity contribution in [2.24, 2.45) is 0 Å². The highest BCUT2D eigenvalue weighted by molar-refractivity contribution is 6.30. The lowest BCUT2D eigenvalue weighted by molar-refractivity contribution is 0.102. The molecule has 0 aliphatic carbocycles. The molecule has 2 nitrogen and oxygen atoms in total. The van der Waals surface area contributed by atoms with Gasteiger partial charge in [-0.1, -0.05) is 43.6 Å². The Hall–Kier alpha value is -1.80. The van der Waals surface area contributed by atoms with Gasteiger partial charge in [0.05, 0.1) is 0 Å². The first kappa shape index (κ1) is 14.6. The van der Waals surface area contributed by atoms with Gasteiger partial charge in [-0.2, -0.15) is 0 Å². The highest BCUT2D eigenvalue weighted by Gasteiger charge is 2.12. The lowest BCUT2D eigenvalue weighted by Crippen LogP contribution is -2.13. The van der Waals surface area contributed by atoms with Crippen molar-refractivity contribution in [2.45, 2.75) is 26.2 Å². The zero-order chi connectivity index (χ0) is 14.5. The van der Waals surface area contributed by atoms with Gasteiger partial charge >= 0.3 is 0 Å². The van der Waals surface area contributed by atoms with Crippen molar-refractivity contribution in [2.75, 3.05) is 5.32 Å². The van der Waals surface area contributed by atoms with E-state index >= 15 is 0 Å². The van der Waals surface area contributed by atoms with Crippen molar-refractivity contribution in [1.82, 2.24) is 0 Å². The highest BCUT2D eigenvalue weighted by atomic mass is 35.5. The molecule has 0 unspecified atom stereocenters. The van der Waals surface area contributed by atoms with Gasteiger partial charge in [0.1, 0.15) is 0 Å². The number of carbonyl (C=O) groups is 1. The average Bonchev–Trinajstić information content (AvgIpc) is 2.47. The predicted octanol–water partition coefficient (Wildman–Crippen LogP) is 5.11. The quantitative estimate of drug-likeness (QED) is 0.832. The molecule has 1 atom stereocenters. The van der Waals surface area contributed by atoms with Crippen LogP contribution in [-0.4, -0.2) is 5.91 Å². The Labute approximate surface area is 124 Å². The number of nitrogens with one attached hydrogen (secondary N) is 1. The van der Waals surface area contributed by atoms with E-state index in [4.69, 9.17) is 11.6 Å². The van der Waals surface area contributed by atoms with Crippen molar-refractivity contribution < 1.29 is 4.79 Å². The fourth-order valence-electron chi connectivity index (χ4n) is 2.06. The van der Waals surface area contributed by atoms with E-state index in [1.807, 2.05) is 18.2 Å². The molecular weight excluding hydrogens is 270 g/mol. The van der Waals surface area contributed by atoms with E-state index in [-0.39, 0.29) is 5.91 Å². The van der Waals surface area contributed by atoms with Crippen LogP contribution in [-0.2, 0) is 0 Å². The lowest BCUT2D eigenvalue weighted by atomic mass is 9.97. The Morgan fingerprint density at radius 1 is 1.15 bits per heavy atom. The molecule has 0 heterocycles. The van der Waals surface area contributed by atoms with Crippen LogP contribution in [0.15, 0.2) is 48.5 Å². The minimum Gasteiger partial charge on any atom is -0.322 e. The molecule has 2 aromatic carbocycles. The van der Waals surface area contributed by atoms with Crippen molar-refractivity contribution in [3.8, 4) is 0 Å². The van der Waals surface area contributed by atoms with Gasteiger partial charge in [0.25, 0.3) is 5.91 Å². The second kappa shape index (κ2) is 6.58. The number of hydrogen-bond donors (Lipinski definition) is 1. The number of rotatable bonds is 4. The van der Waals surface area contributed by atoms with Crippen molar-refractivity contribution in [1.29, 1.82) is 0 Å². The van der Waals surface area contributed by atoms with Crippen LogP contribution in [0.3, 0.4) is 0 Å². The van der Waals surface area contributed by atoms with Crippen LogP contribution in [0.25, 0.3) is 0 Å². The molecule has 0 radical (unpaired) electrons. The Bertz CT molecular complexity index is 592. The normalized spacial score (nSPS) is 11.9. The number of anilines is 1. The van der Waals surface area contributed by atoms with Crippen LogP contribution in [0.4, 0.5) is 5.69 Å². The standard InChI is InChI=1S/C17H18ClNO/c1-3-12(2)15-6-4-5-7-16(15)19-17(20)13-8-10-14(18)11-9-13/h4-12H,3H2,1-2H3,(H,19,20)/t12-/m0/s1. The first-order chi connectivity index (χ1) is 9.61. The van der Waals surface area contributed by atoms with Crippen LogP contribution in [0.5, 0.6) is 0 Å². The Morgan fingerprint density at radius 2 is 1.80 bits per heavy atom. The molecule has 20 heavy (non-hydrogen) atoms. The number of halogens is 1. The first-order valence-corrected chi connectivity index (χ1v) is 7.15. The summed E-state index contributed by atoms with van der Waals surface area (Å²) >= 11 is 5.83. The van der Waals surface area contributed by atoms with Crippen molar-refractivity contribution in [3.63, 3.8) is 0 Å². The minimum atomic E-state index is -0.114. The Kier molecular flexibility index (Phi) is 4.80. The summed E-state index contributed by atoms with van der Waals surface area (Å²) in [6.45, 7) is 4.30. The second-order valence-corrected chi connectivity index (χ2v) is 5.29. The third-order valence-electron chi connectivity index (χ3n) is 3.46. The average molecular weight is 288 g/mol. The number of amides is 1. The van der Waals surface area contributed by atoms with Gasteiger partial charge in [0.15, 0.2) is 0 Å². The maximum absolute atomic E-state index is 12.2. The van der Waals surface area contributed by atoms with E-state index in [1.54, 1.807) is 24.3 Å². The highest BCUT2D eigenvalue weighted by Crippen LogP contribution is 2.26. The van der Waals surface area contributed by atoms with E-state index in [2.05, 4.69) is 25.2 Å². The van der Waals surface area contributed by atoms with Crippen LogP contribution >= 0.6 is 11.6 Å². The molecule has 0 aliphatic heterocycles. The second-order valence-electron chi connectivity index (χ2n) is 4.86. The van der Waals surface area contributed by atoms with Crippen molar-refractivity contribution in [3.05, 3.63) is 64.7 Å². The Balaban J connectivity index is 2.21. The van der Waals surface area contributed by atoms with Crippen LogP contribution in [0.1, 0.15) is 42.1 Å². The van der Waals surface area contributed by atoms with Crippen LogP contribution in [0.2, 0.25) is 5.02 Å². The molecule has 1 amide bonds. The molecular formula is C17H18ClNO. The monoisotopic (exact) mass is 287 g/mol. The zero-order valence-electron chi connectivity index (χ0n) is 11.7. The molecule has 0 fully saturated rings. The van der Waals surface area contributed by atoms with Gasteiger partial charge in [-0.3, -0.25) is 4.79 Å². The van der Waals surface area contributed by atoms with Gasteiger partial charge in [0.2, 0.25) is 0 Å². The van der Waals surface area contributed by atoms with E-state index in [0.717, 1.165) is 17.7 Å². The summed E-state index contributed by atoms with van der Waals surface area (Å²) in [5, 5.41) is 3.61. The van der Waals surface area contributed by atoms with Gasteiger partial charge in [-0.15, -0.1) is 0 Å². The predicted molar refractivity (Wildman–Crippen MR) is 84.6 cm³/mol. The minimum absolute atomic E-state index is 0.114. The summed E-state index contributed by atoms with van der Waals surface area (Å²) in [6, 6.07) is 14.8. The molecule has 2 rings (SSSR count). The molecule has 0 bridgehead atoms. The molecule has 2 aromatic rings. The lowest BCUT2D eigenvalue weighted by Gasteiger charge is -2.15. The number of carbonyl (C=O) groups excluding carboxylic acids is 1. The van der Waals surface area contributed by atoms with Crippen LogP contribution in [0, 0.1) is 0 Å². The smallest absolute Gasteiger partial charge is 0.255 e. The molecule has 104 valence electrons. The topological polar surface area (TPSA) is 29.1 Å². The summed E-state index contributed by atoms with van der Waals surface area (Å²) in [5.41, 5.74) is 2.65. The fourth-order valence-corrected chi connectivity index (χ4v) is 2.18. The van der Waals surface area contributed by atoms with Gasteiger partial charge in [-0.25, -0.2) is 0 Å². The van der Waals surface area contributed by atoms with E-state index in [1.165, 1.54) is 0 Å². The van der Waals surface area contributed by atoms with Gasteiger partial charge in [0, 0.05) is 16.3 Å². The van der Waals surface area contributed by atoms with E-state index < -0.39 is 0 Å². The fraction of sp³-hybridized carbons (Fsp3) is 0.235. The largest absolute Gasteiger partial charge is 0.322 e. The maximum atomic E-state index is 12.2. The Morgan fingerprint density at radius 3 is 2.45 bits per heavy atom. The zero-order valence-corrected chi connectivity index (χ0v) is 12.4. The molecule has 0 aromatic heterocycles. The first-order valence-electron chi connectivity index (χ1n) is 6.77.